The number of hydrogen-bond acceptors (Lipinski definition) is 4. The van der Waals surface area contributed by atoms with Gasteiger partial charge < -0.3 is 9.73 Å². The average molecular weight is 312 g/mol. The first-order valence-electron chi connectivity index (χ1n) is 6.44. The lowest BCUT2D eigenvalue weighted by Gasteiger charge is -2.12. The normalized spacial score (nSPS) is 13.3. The van der Waals surface area contributed by atoms with E-state index in [1.807, 2.05) is 6.92 Å². The van der Waals surface area contributed by atoms with Crippen molar-refractivity contribution in [2.75, 3.05) is 0 Å². The van der Waals surface area contributed by atoms with Crippen molar-refractivity contribution < 1.29 is 17.2 Å². The molecule has 1 aromatic heterocycles. The molecule has 2 aromatic rings. The summed E-state index contributed by atoms with van der Waals surface area (Å²) in [4.78, 5) is 0. The minimum absolute atomic E-state index is 0.124. The Morgan fingerprint density at radius 3 is 2.48 bits per heavy atom. The predicted molar refractivity (Wildman–Crippen MR) is 76.5 cm³/mol. The Morgan fingerprint density at radius 2 is 1.90 bits per heavy atom. The van der Waals surface area contributed by atoms with E-state index in [1.165, 1.54) is 18.2 Å². The van der Waals surface area contributed by atoms with Gasteiger partial charge in [0.15, 0.2) is 0 Å². The third kappa shape index (κ3) is 4.66. The number of rotatable bonds is 6. The monoisotopic (exact) mass is 312 g/mol. The molecular formula is C14H17FN2O3S. The smallest absolute Gasteiger partial charge is 0.271 e. The van der Waals surface area contributed by atoms with Crippen LogP contribution in [0.4, 0.5) is 4.39 Å². The van der Waals surface area contributed by atoms with Crippen LogP contribution in [0, 0.1) is 5.82 Å². The van der Waals surface area contributed by atoms with E-state index in [0.717, 1.165) is 12.0 Å². The molecule has 114 valence electrons. The zero-order valence-electron chi connectivity index (χ0n) is 11.5. The van der Waals surface area contributed by atoms with Crippen molar-refractivity contribution >= 4 is 10.0 Å². The van der Waals surface area contributed by atoms with Crippen LogP contribution in [-0.4, -0.2) is 14.5 Å². The van der Waals surface area contributed by atoms with Crippen molar-refractivity contribution in [2.45, 2.75) is 31.0 Å². The molecule has 2 rings (SSSR count). The molecule has 0 aliphatic heterocycles. The van der Waals surface area contributed by atoms with Gasteiger partial charge in [-0.25, -0.2) is 17.9 Å². The van der Waals surface area contributed by atoms with E-state index < -0.39 is 10.0 Å². The maximum Gasteiger partial charge on any atom is 0.271 e. The first kappa shape index (κ1) is 15.7. The number of primary sulfonamides is 1. The van der Waals surface area contributed by atoms with Crippen LogP contribution in [0.2, 0.25) is 0 Å². The van der Waals surface area contributed by atoms with Crippen molar-refractivity contribution in [2.24, 2.45) is 5.14 Å². The lowest BCUT2D eigenvalue weighted by atomic mass is 10.1. The van der Waals surface area contributed by atoms with Crippen molar-refractivity contribution in [1.29, 1.82) is 0 Å². The van der Waals surface area contributed by atoms with E-state index in [1.54, 1.807) is 18.2 Å². The van der Waals surface area contributed by atoms with Gasteiger partial charge in [-0.05, 0) is 43.2 Å². The zero-order chi connectivity index (χ0) is 15.5. The second kappa shape index (κ2) is 6.38. The van der Waals surface area contributed by atoms with E-state index in [9.17, 15) is 12.8 Å². The summed E-state index contributed by atoms with van der Waals surface area (Å²) in [6, 6.07) is 9.34. The van der Waals surface area contributed by atoms with Crippen LogP contribution in [-0.2, 0) is 23.0 Å². The third-order valence-electron chi connectivity index (χ3n) is 3.00. The molecule has 21 heavy (non-hydrogen) atoms. The third-order valence-corrected chi connectivity index (χ3v) is 3.78. The molecule has 0 saturated heterocycles. The summed E-state index contributed by atoms with van der Waals surface area (Å²) in [6.45, 7) is 2.37. The number of nitrogens with one attached hydrogen (secondary N) is 1. The highest BCUT2D eigenvalue weighted by Gasteiger charge is 2.13. The summed E-state index contributed by atoms with van der Waals surface area (Å²) in [5, 5.41) is 7.93. The van der Waals surface area contributed by atoms with Crippen LogP contribution in [0.1, 0.15) is 18.2 Å². The molecule has 0 radical (unpaired) electrons. The van der Waals surface area contributed by atoms with Crippen molar-refractivity contribution in [1.82, 2.24) is 5.32 Å². The van der Waals surface area contributed by atoms with Gasteiger partial charge in [-0.1, -0.05) is 12.1 Å². The molecule has 3 N–H and O–H groups in total. The first-order chi connectivity index (χ1) is 9.84. The van der Waals surface area contributed by atoms with Crippen LogP contribution in [0.15, 0.2) is 45.9 Å². The Balaban J connectivity index is 1.88. The van der Waals surface area contributed by atoms with Crippen molar-refractivity contribution in [3.63, 3.8) is 0 Å². The van der Waals surface area contributed by atoms with Gasteiger partial charge in [0.1, 0.15) is 11.6 Å². The number of furan rings is 1. The SMILES string of the molecule is CC(Cc1ccc(F)cc1)NCc1ccc(S(N)(=O)=O)o1. The van der Waals surface area contributed by atoms with Crippen molar-refractivity contribution in [3.8, 4) is 0 Å². The van der Waals surface area contributed by atoms with E-state index in [2.05, 4.69) is 5.32 Å². The lowest BCUT2D eigenvalue weighted by Crippen LogP contribution is -2.27. The largest absolute Gasteiger partial charge is 0.447 e. The Hall–Kier alpha value is -1.70. The number of halogens is 1. The van der Waals surface area contributed by atoms with Crippen molar-refractivity contribution in [3.05, 3.63) is 53.5 Å². The molecule has 1 aromatic carbocycles. The van der Waals surface area contributed by atoms with Gasteiger partial charge in [0.25, 0.3) is 10.0 Å². The van der Waals surface area contributed by atoms with Gasteiger partial charge in [-0.2, -0.15) is 0 Å². The minimum Gasteiger partial charge on any atom is -0.447 e. The number of sulfonamides is 1. The maximum atomic E-state index is 12.8. The van der Waals surface area contributed by atoms with Gasteiger partial charge in [-0.15, -0.1) is 0 Å². The van der Waals surface area contributed by atoms with Gasteiger partial charge in [-0.3, -0.25) is 0 Å². The van der Waals surface area contributed by atoms with E-state index in [-0.39, 0.29) is 17.0 Å². The molecule has 0 amide bonds. The molecule has 1 unspecified atom stereocenters. The van der Waals surface area contributed by atoms with Gasteiger partial charge >= 0.3 is 0 Å². The fraction of sp³-hybridized carbons (Fsp3) is 0.286. The summed E-state index contributed by atoms with van der Waals surface area (Å²) < 4.78 is 40.1. The molecule has 1 heterocycles. The lowest BCUT2D eigenvalue weighted by molar-refractivity contribution is 0.391. The molecule has 0 spiro atoms. The van der Waals surface area contributed by atoms with Gasteiger partial charge in [0.2, 0.25) is 5.09 Å². The Labute approximate surface area is 123 Å². The highest BCUT2D eigenvalue weighted by atomic mass is 32.2. The molecule has 0 aliphatic rings. The predicted octanol–water partition coefficient (Wildman–Crippen LogP) is 1.79. The minimum atomic E-state index is -3.80. The molecule has 0 fully saturated rings. The Morgan fingerprint density at radius 1 is 1.24 bits per heavy atom. The molecule has 5 nitrogen and oxygen atoms in total. The summed E-state index contributed by atoms with van der Waals surface area (Å²) in [5.41, 5.74) is 1.01. The van der Waals surface area contributed by atoms with E-state index >= 15 is 0 Å². The molecule has 0 saturated carbocycles. The van der Waals surface area contributed by atoms with E-state index in [4.69, 9.17) is 9.56 Å². The molecule has 0 bridgehead atoms. The number of hydrogen-bond donors (Lipinski definition) is 2. The Kier molecular flexibility index (Phi) is 4.76. The summed E-state index contributed by atoms with van der Waals surface area (Å²) in [6.07, 6.45) is 0.725. The van der Waals surface area contributed by atoms with E-state index in [0.29, 0.717) is 12.3 Å². The molecule has 0 aliphatic carbocycles. The highest BCUT2D eigenvalue weighted by molar-refractivity contribution is 7.89. The number of benzene rings is 1. The van der Waals surface area contributed by atoms with Crippen LogP contribution in [0.5, 0.6) is 0 Å². The fourth-order valence-corrected chi connectivity index (χ4v) is 2.41. The van der Waals surface area contributed by atoms with Crippen LogP contribution < -0.4 is 10.5 Å². The summed E-state index contributed by atoms with van der Waals surface area (Å²) >= 11 is 0. The average Bonchev–Trinajstić information content (AvgIpc) is 2.88. The molecule has 1 atom stereocenters. The topological polar surface area (TPSA) is 85.3 Å². The fourth-order valence-electron chi connectivity index (χ4n) is 1.93. The van der Waals surface area contributed by atoms with Gasteiger partial charge in [0.05, 0.1) is 6.54 Å². The molecule has 7 heteroatoms. The maximum absolute atomic E-state index is 12.8. The van der Waals surface area contributed by atoms with Crippen LogP contribution in [0.3, 0.4) is 0 Å². The first-order valence-corrected chi connectivity index (χ1v) is 7.98. The summed E-state index contributed by atoms with van der Waals surface area (Å²) in [5.74, 6) is 0.232. The highest BCUT2D eigenvalue weighted by Crippen LogP contribution is 2.12. The molecular weight excluding hydrogens is 295 g/mol. The quantitative estimate of drug-likeness (QED) is 0.851. The second-order valence-electron chi connectivity index (χ2n) is 4.88. The number of nitrogens with two attached hydrogens (primary N) is 1. The second-order valence-corrected chi connectivity index (χ2v) is 6.37. The van der Waals surface area contributed by atoms with Gasteiger partial charge in [0, 0.05) is 6.04 Å². The van der Waals surface area contributed by atoms with Crippen LogP contribution in [0.25, 0.3) is 0 Å². The zero-order valence-corrected chi connectivity index (χ0v) is 12.4. The standard InChI is InChI=1S/C14H17FN2O3S/c1-10(8-11-2-4-12(15)5-3-11)17-9-13-6-7-14(20-13)21(16,18)19/h2-7,10,17H,8-9H2,1H3,(H2,16,18,19). The van der Waals surface area contributed by atoms with Crippen LogP contribution >= 0.6 is 0 Å². The Bertz CT molecular complexity index is 695. The summed E-state index contributed by atoms with van der Waals surface area (Å²) in [7, 11) is -3.80.